The number of anilines is 1. The Balaban J connectivity index is 1.90. The molecule has 1 fully saturated rings. The van der Waals surface area contributed by atoms with Crippen molar-refractivity contribution in [3.63, 3.8) is 0 Å². The molecule has 0 spiro atoms. The van der Waals surface area contributed by atoms with E-state index in [2.05, 4.69) is 12.2 Å². The second-order valence-corrected chi connectivity index (χ2v) is 6.95. The van der Waals surface area contributed by atoms with Crippen LogP contribution in [0.5, 0.6) is 0 Å². The zero-order chi connectivity index (χ0) is 16.3. The van der Waals surface area contributed by atoms with Crippen LogP contribution < -0.4 is 5.32 Å². The predicted octanol–water partition coefficient (Wildman–Crippen LogP) is 3.88. The number of nitrogens with zero attached hydrogens (tertiary/aromatic N) is 1. The van der Waals surface area contributed by atoms with E-state index in [4.69, 9.17) is 4.74 Å². The number of carbonyl (C=O) groups excluding carboxylic acids is 1. The summed E-state index contributed by atoms with van der Waals surface area (Å²) in [5.74, 6) is 0.0599. The number of likely N-dealkylation sites (tertiary alicyclic amines) is 1. The van der Waals surface area contributed by atoms with Crippen molar-refractivity contribution in [1.29, 1.82) is 0 Å². The Kier molecular flexibility index (Phi) is 4.94. The largest absolute Gasteiger partial charge is 0.444 e. The Morgan fingerprint density at radius 1 is 1.32 bits per heavy atom. The average molecular weight is 308 g/mol. The molecule has 0 bridgehead atoms. The maximum absolute atomic E-state index is 12.9. The van der Waals surface area contributed by atoms with E-state index in [-0.39, 0.29) is 18.0 Å². The van der Waals surface area contributed by atoms with E-state index >= 15 is 0 Å². The number of ether oxygens (including phenoxy) is 1. The second kappa shape index (κ2) is 6.55. The quantitative estimate of drug-likeness (QED) is 0.901. The minimum Gasteiger partial charge on any atom is -0.444 e. The van der Waals surface area contributed by atoms with Crippen LogP contribution in [0.3, 0.4) is 0 Å². The number of hydrogen-bond acceptors (Lipinski definition) is 3. The minimum absolute atomic E-state index is 0.238. The Bertz CT molecular complexity index is 510. The lowest BCUT2D eigenvalue weighted by atomic mass is 9.94. The molecular formula is C17H25FN2O2. The van der Waals surface area contributed by atoms with Crippen molar-refractivity contribution in [2.75, 3.05) is 18.4 Å². The molecule has 122 valence electrons. The summed E-state index contributed by atoms with van der Waals surface area (Å²) >= 11 is 0. The van der Waals surface area contributed by atoms with Crippen molar-refractivity contribution < 1.29 is 13.9 Å². The normalized spacial score (nSPS) is 22.3. The molecule has 1 aromatic carbocycles. The molecule has 1 saturated heterocycles. The molecule has 1 amide bonds. The zero-order valence-electron chi connectivity index (χ0n) is 13.7. The van der Waals surface area contributed by atoms with Crippen LogP contribution in [-0.4, -0.2) is 35.7 Å². The first kappa shape index (κ1) is 16.6. The van der Waals surface area contributed by atoms with E-state index in [9.17, 15) is 9.18 Å². The van der Waals surface area contributed by atoms with Crippen LogP contribution in [0.25, 0.3) is 0 Å². The van der Waals surface area contributed by atoms with Crippen molar-refractivity contribution in [2.24, 2.45) is 5.92 Å². The molecule has 22 heavy (non-hydrogen) atoms. The third kappa shape index (κ3) is 4.61. The van der Waals surface area contributed by atoms with Gasteiger partial charge in [0.15, 0.2) is 0 Å². The highest BCUT2D eigenvalue weighted by Crippen LogP contribution is 2.23. The van der Waals surface area contributed by atoms with E-state index in [0.717, 1.165) is 12.1 Å². The van der Waals surface area contributed by atoms with Crippen molar-refractivity contribution in [3.05, 3.63) is 30.1 Å². The molecule has 1 aliphatic rings. The Hall–Kier alpha value is -1.78. The fraction of sp³-hybridized carbons (Fsp3) is 0.588. The van der Waals surface area contributed by atoms with Crippen LogP contribution >= 0.6 is 0 Å². The van der Waals surface area contributed by atoms with Gasteiger partial charge in [-0.3, -0.25) is 0 Å². The number of piperidine rings is 1. The first-order valence-corrected chi connectivity index (χ1v) is 7.74. The van der Waals surface area contributed by atoms with Gasteiger partial charge in [-0.2, -0.15) is 0 Å². The van der Waals surface area contributed by atoms with E-state index in [1.165, 1.54) is 12.1 Å². The Morgan fingerprint density at radius 2 is 1.95 bits per heavy atom. The number of hydrogen-bond donors (Lipinski definition) is 1. The summed E-state index contributed by atoms with van der Waals surface area (Å²) in [5.41, 5.74) is 0.438. The summed E-state index contributed by atoms with van der Waals surface area (Å²) in [4.78, 5) is 13.9. The van der Waals surface area contributed by atoms with Gasteiger partial charge in [-0.05, 0) is 57.4 Å². The lowest BCUT2D eigenvalue weighted by molar-refractivity contribution is 0.0165. The van der Waals surface area contributed by atoms with Crippen LogP contribution in [0, 0.1) is 11.7 Å². The van der Waals surface area contributed by atoms with Gasteiger partial charge in [0.1, 0.15) is 11.4 Å². The number of halogens is 1. The molecule has 1 aliphatic heterocycles. The molecule has 1 N–H and O–H groups in total. The fourth-order valence-electron chi connectivity index (χ4n) is 2.61. The minimum atomic E-state index is -0.469. The summed E-state index contributed by atoms with van der Waals surface area (Å²) in [7, 11) is 0. The smallest absolute Gasteiger partial charge is 0.410 e. The molecule has 2 rings (SSSR count). The van der Waals surface area contributed by atoms with Gasteiger partial charge in [0.2, 0.25) is 0 Å². The molecule has 0 aromatic heterocycles. The van der Waals surface area contributed by atoms with Crippen molar-refractivity contribution >= 4 is 11.8 Å². The molecule has 2 atom stereocenters. The standard InChI is InChI=1S/C17H25FN2O2/c1-12-11-20(16(21)22-17(2,3)4)10-9-15(12)19-14-7-5-13(18)6-8-14/h5-8,12,15,19H,9-11H2,1-4H3/t12-,15-/m1/s1. The fourth-order valence-corrected chi connectivity index (χ4v) is 2.61. The number of rotatable bonds is 2. The van der Waals surface area contributed by atoms with Crippen LogP contribution in [0.15, 0.2) is 24.3 Å². The van der Waals surface area contributed by atoms with Gasteiger partial charge in [-0.15, -0.1) is 0 Å². The highest BCUT2D eigenvalue weighted by Gasteiger charge is 2.31. The average Bonchev–Trinajstić information content (AvgIpc) is 2.41. The molecule has 1 heterocycles. The van der Waals surface area contributed by atoms with Crippen LogP contribution in [-0.2, 0) is 4.74 Å². The van der Waals surface area contributed by atoms with Gasteiger partial charge >= 0.3 is 6.09 Å². The molecule has 0 unspecified atom stereocenters. The van der Waals surface area contributed by atoms with Gasteiger partial charge in [-0.25, -0.2) is 9.18 Å². The third-order valence-electron chi connectivity index (χ3n) is 3.75. The van der Waals surface area contributed by atoms with Gasteiger partial charge in [0, 0.05) is 24.8 Å². The molecular weight excluding hydrogens is 283 g/mol. The maximum Gasteiger partial charge on any atom is 0.410 e. The summed E-state index contributed by atoms with van der Waals surface area (Å²) in [6, 6.07) is 6.64. The lowest BCUT2D eigenvalue weighted by Gasteiger charge is -2.38. The summed E-state index contributed by atoms with van der Waals surface area (Å²) < 4.78 is 18.3. The van der Waals surface area contributed by atoms with E-state index in [0.29, 0.717) is 19.0 Å². The number of carbonyl (C=O) groups is 1. The van der Waals surface area contributed by atoms with Gasteiger partial charge in [0.05, 0.1) is 0 Å². The molecule has 0 saturated carbocycles. The first-order valence-electron chi connectivity index (χ1n) is 7.74. The van der Waals surface area contributed by atoms with E-state index < -0.39 is 5.60 Å². The SMILES string of the molecule is C[C@@H]1CN(C(=O)OC(C)(C)C)CC[C@H]1Nc1ccc(F)cc1. The maximum atomic E-state index is 12.9. The molecule has 4 nitrogen and oxygen atoms in total. The van der Waals surface area contributed by atoms with Crippen molar-refractivity contribution in [1.82, 2.24) is 4.90 Å². The van der Waals surface area contributed by atoms with Crippen LogP contribution in [0.4, 0.5) is 14.9 Å². The van der Waals surface area contributed by atoms with Crippen LogP contribution in [0.1, 0.15) is 34.1 Å². The molecule has 1 aromatic rings. The van der Waals surface area contributed by atoms with Gasteiger partial charge in [0.25, 0.3) is 0 Å². The summed E-state index contributed by atoms with van der Waals surface area (Å²) in [6.45, 7) is 9.05. The van der Waals surface area contributed by atoms with Gasteiger partial charge < -0.3 is 15.0 Å². The lowest BCUT2D eigenvalue weighted by Crippen LogP contribution is -2.48. The number of amides is 1. The van der Waals surface area contributed by atoms with E-state index in [1.807, 2.05) is 20.8 Å². The van der Waals surface area contributed by atoms with E-state index in [1.54, 1.807) is 17.0 Å². The summed E-state index contributed by atoms with van der Waals surface area (Å²) in [5, 5.41) is 3.42. The summed E-state index contributed by atoms with van der Waals surface area (Å²) in [6.07, 6.45) is 0.595. The third-order valence-corrected chi connectivity index (χ3v) is 3.75. The second-order valence-electron chi connectivity index (χ2n) is 6.95. The Labute approximate surface area is 131 Å². The monoisotopic (exact) mass is 308 g/mol. The predicted molar refractivity (Wildman–Crippen MR) is 85.4 cm³/mol. The van der Waals surface area contributed by atoms with Crippen LogP contribution in [0.2, 0.25) is 0 Å². The highest BCUT2D eigenvalue weighted by molar-refractivity contribution is 5.68. The molecule has 0 radical (unpaired) electrons. The first-order chi connectivity index (χ1) is 10.2. The topological polar surface area (TPSA) is 41.6 Å². The number of nitrogens with one attached hydrogen (secondary N) is 1. The van der Waals surface area contributed by atoms with Gasteiger partial charge in [-0.1, -0.05) is 6.92 Å². The Morgan fingerprint density at radius 3 is 2.50 bits per heavy atom. The molecule has 0 aliphatic carbocycles. The zero-order valence-corrected chi connectivity index (χ0v) is 13.7. The number of benzene rings is 1. The van der Waals surface area contributed by atoms with Crippen molar-refractivity contribution in [2.45, 2.75) is 45.8 Å². The highest BCUT2D eigenvalue weighted by atomic mass is 19.1. The van der Waals surface area contributed by atoms with Crippen molar-refractivity contribution in [3.8, 4) is 0 Å². The molecule has 5 heteroatoms.